The van der Waals surface area contributed by atoms with Gasteiger partial charge in [-0.3, -0.25) is 19.0 Å². The van der Waals surface area contributed by atoms with E-state index in [-0.39, 0.29) is 25.3 Å². The number of thiophene rings is 1. The molecule has 0 aliphatic rings. The van der Waals surface area contributed by atoms with E-state index >= 15 is 0 Å². The maximum atomic E-state index is 12.8. The van der Waals surface area contributed by atoms with Crippen LogP contribution in [0.1, 0.15) is 6.92 Å². The van der Waals surface area contributed by atoms with E-state index in [0.29, 0.717) is 10.2 Å². The fourth-order valence-corrected chi connectivity index (χ4v) is 3.41. The summed E-state index contributed by atoms with van der Waals surface area (Å²) < 4.78 is 5.98. The molecule has 134 valence electrons. The van der Waals surface area contributed by atoms with Crippen LogP contribution in [-0.4, -0.2) is 34.6 Å². The third kappa shape index (κ3) is 3.80. The Morgan fingerprint density at radius 2 is 2.04 bits per heavy atom. The first kappa shape index (κ1) is 17.8. The van der Waals surface area contributed by atoms with Crippen LogP contribution in [0, 0.1) is 0 Å². The van der Waals surface area contributed by atoms with Gasteiger partial charge < -0.3 is 10.1 Å². The van der Waals surface area contributed by atoms with Crippen LogP contribution in [0.4, 0.5) is 0 Å². The number of aromatic nitrogens is 2. The van der Waals surface area contributed by atoms with Crippen molar-refractivity contribution in [1.82, 2.24) is 14.9 Å². The first-order chi connectivity index (χ1) is 12.6. The smallest absolute Gasteiger partial charge is 0.325 e. The quantitative estimate of drug-likeness (QED) is 0.668. The van der Waals surface area contributed by atoms with Crippen molar-refractivity contribution in [2.75, 3.05) is 13.2 Å². The van der Waals surface area contributed by atoms with E-state index in [1.165, 1.54) is 22.2 Å². The van der Waals surface area contributed by atoms with Gasteiger partial charge in [-0.15, -0.1) is 11.3 Å². The lowest BCUT2D eigenvalue weighted by Gasteiger charge is -2.07. The average molecular weight is 371 g/mol. The first-order valence-electron chi connectivity index (χ1n) is 8.04. The maximum Gasteiger partial charge on any atom is 0.325 e. The number of ether oxygens (including phenoxy) is 1. The third-order valence-electron chi connectivity index (χ3n) is 3.69. The van der Waals surface area contributed by atoms with Gasteiger partial charge in [0.1, 0.15) is 17.9 Å². The third-order valence-corrected chi connectivity index (χ3v) is 4.58. The summed E-state index contributed by atoms with van der Waals surface area (Å²) in [6.45, 7) is 1.48. The van der Waals surface area contributed by atoms with Gasteiger partial charge in [-0.25, -0.2) is 4.98 Å². The number of hydrogen-bond donors (Lipinski definition) is 1. The summed E-state index contributed by atoms with van der Waals surface area (Å²) >= 11 is 1.38. The molecule has 26 heavy (non-hydrogen) atoms. The highest BCUT2D eigenvalue weighted by atomic mass is 32.1. The minimum absolute atomic E-state index is 0.217. The van der Waals surface area contributed by atoms with Crippen LogP contribution in [-0.2, 0) is 20.9 Å². The molecule has 0 saturated carbocycles. The maximum absolute atomic E-state index is 12.8. The molecule has 0 bridgehead atoms. The second kappa shape index (κ2) is 7.92. The van der Waals surface area contributed by atoms with Crippen molar-refractivity contribution in [3.05, 3.63) is 52.4 Å². The number of carbonyl (C=O) groups is 2. The summed E-state index contributed by atoms with van der Waals surface area (Å²) in [5.41, 5.74) is 1.42. The van der Waals surface area contributed by atoms with Crippen molar-refractivity contribution in [1.29, 1.82) is 0 Å². The van der Waals surface area contributed by atoms with Gasteiger partial charge in [0.25, 0.3) is 5.56 Å². The predicted octanol–water partition coefficient (Wildman–Crippen LogP) is 1.80. The number of nitrogens with zero attached hydrogens (tertiary/aromatic N) is 2. The lowest BCUT2D eigenvalue weighted by Crippen LogP contribution is -2.35. The van der Waals surface area contributed by atoms with E-state index < -0.39 is 11.9 Å². The number of benzene rings is 1. The molecule has 1 amide bonds. The van der Waals surface area contributed by atoms with Gasteiger partial charge in [0.05, 0.1) is 18.3 Å². The largest absolute Gasteiger partial charge is 0.465 e. The van der Waals surface area contributed by atoms with Gasteiger partial charge in [-0.1, -0.05) is 30.3 Å². The topological polar surface area (TPSA) is 90.3 Å². The second-order valence-electron chi connectivity index (χ2n) is 5.45. The van der Waals surface area contributed by atoms with Crippen LogP contribution in [0.25, 0.3) is 21.3 Å². The Kier molecular flexibility index (Phi) is 5.43. The second-order valence-corrected chi connectivity index (χ2v) is 6.31. The lowest BCUT2D eigenvalue weighted by molar-refractivity contribution is -0.143. The molecule has 0 atom stereocenters. The molecule has 3 rings (SSSR count). The number of fused-ring (bicyclic) bond motifs is 1. The highest BCUT2D eigenvalue weighted by Gasteiger charge is 2.15. The summed E-state index contributed by atoms with van der Waals surface area (Å²) in [4.78, 5) is 41.0. The van der Waals surface area contributed by atoms with Crippen molar-refractivity contribution >= 4 is 33.4 Å². The molecule has 1 aromatic carbocycles. The summed E-state index contributed by atoms with van der Waals surface area (Å²) in [6.07, 6.45) is 1.35. The van der Waals surface area contributed by atoms with Gasteiger partial charge in [-0.05, 0) is 12.5 Å². The van der Waals surface area contributed by atoms with E-state index in [1.807, 2.05) is 35.7 Å². The molecule has 2 aromatic heterocycles. The molecule has 7 nitrogen and oxygen atoms in total. The molecule has 8 heteroatoms. The number of nitrogens with one attached hydrogen (secondary N) is 1. The Hall–Kier alpha value is -3.00. The van der Waals surface area contributed by atoms with Crippen LogP contribution < -0.4 is 10.9 Å². The molecular weight excluding hydrogens is 354 g/mol. The standard InChI is InChI=1S/C18H17N3O4S/c1-2-25-15(23)8-19-14(22)9-21-11-20-17-16(18(21)24)13(10-26-17)12-6-4-3-5-7-12/h3-7,10-11H,2,8-9H2,1H3,(H,19,22). The van der Waals surface area contributed by atoms with Crippen molar-refractivity contribution in [2.45, 2.75) is 13.5 Å². The molecule has 1 N–H and O–H groups in total. The number of esters is 1. The molecule has 0 saturated heterocycles. The van der Waals surface area contributed by atoms with Crippen molar-refractivity contribution in [3.63, 3.8) is 0 Å². The number of hydrogen-bond acceptors (Lipinski definition) is 6. The summed E-state index contributed by atoms with van der Waals surface area (Å²) in [7, 11) is 0. The monoisotopic (exact) mass is 371 g/mol. The van der Waals surface area contributed by atoms with Crippen LogP contribution in [0.2, 0.25) is 0 Å². The highest BCUT2D eigenvalue weighted by Crippen LogP contribution is 2.30. The van der Waals surface area contributed by atoms with Crippen molar-refractivity contribution in [3.8, 4) is 11.1 Å². The van der Waals surface area contributed by atoms with Crippen molar-refractivity contribution in [2.24, 2.45) is 0 Å². The minimum Gasteiger partial charge on any atom is -0.465 e. The fourth-order valence-electron chi connectivity index (χ4n) is 2.50. The number of amides is 1. The molecular formula is C18H17N3O4S. The van der Waals surface area contributed by atoms with Crippen molar-refractivity contribution < 1.29 is 14.3 Å². The predicted molar refractivity (Wildman–Crippen MR) is 99.0 cm³/mol. The van der Waals surface area contributed by atoms with Crippen LogP contribution in [0.3, 0.4) is 0 Å². The first-order valence-corrected chi connectivity index (χ1v) is 8.92. The number of carbonyl (C=O) groups excluding carboxylic acids is 2. The summed E-state index contributed by atoms with van der Waals surface area (Å²) in [5.74, 6) is -0.983. The lowest BCUT2D eigenvalue weighted by atomic mass is 10.1. The molecule has 2 heterocycles. The van der Waals surface area contributed by atoms with Crippen LogP contribution in [0.15, 0.2) is 46.8 Å². The summed E-state index contributed by atoms with van der Waals surface area (Å²) in [6, 6.07) is 9.55. The average Bonchev–Trinajstić information content (AvgIpc) is 3.08. The van der Waals surface area contributed by atoms with Gasteiger partial charge in [-0.2, -0.15) is 0 Å². The Balaban J connectivity index is 1.84. The zero-order chi connectivity index (χ0) is 18.5. The molecule has 0 unspecified atom stereocenters. The van der Waals surface area contributed by atoms with Crippen LogP contribution >= 0.6 is 11.3 Å². The SMILES string of the molecule is CCOC(=O)CNC(=O)Cn1cnc2scc(-c3ccccc3)c2c1=O. The Morgan fingerprint density at radius 1 is 1.27 bits per heavy atom. The Labute approximate surface area is 153 Å². The zero-order valence-corrected chi connectivity index (χ0v) is 14.9. The normalized spacial score (nSPS) is 10.7. The van der Waals surface area contributed by atoms with Gasteiger partial charge >= 0.3 is 5.97 Å². The van der Waals surface area contributed by atoms with Crippen LogP contribution in [0.5, 0.6) is 0 Å². The summed E-state index contributed by atoms with van der Waals surface area (Å²) in [5, 5.41) is 4.81. The van der Waals surface area contributed by atoms with E-state index in [0.717, 1.165) is 11.1 Å². The van der Waals surface area contributed by atoms with E-state index in [2.05, 4.69) is 10.3 Å². The minimum atomic E-state index is -0.522. The Bertz CT molecular complexity index is 995. The Morgan fingerprint density at radius 3 is 2.77 bits per heavy atom. The van der Waals surface area contributed by atoms with Gasteiger partial charge in [0.2, 0.25) is 5.91 Å². The molecule has 0 radical (unpaired) electrons. The molecule has 0 spiro atoms. The fraction of sp³-hybridized carbons (Fsp3) is 0.222. The van der Waals surface area contributed by atoms with Gasteiger partial charge in [0, 0.05) is 10.9 Å². The number of rotatable bonds is 6. The molecule has 0 aliphatic heterocycles. The van der Waals surface area contributed by atoms with Gasteiger partial charge in [0.15, 0.2) is 0 Å². The highest BCUT2D eigenvalue weighted by molar-refractivity contribution is 7.17. The molecule has 0 aliphatic carbocycles. The van der Waals surface area contributed by atoms with E-state index in [4.69, 9.17) is 4.74 Å². The van der Waals surface area contributed by atoms with E-state index in [1.54, 1.807) is 6.92 Å². The molecule has 3 aromatic rings. The van der Waals surface area contributed by atoms with E-state index in [9.17, 15) is 14.4 Å². The molecule has 0 fully saturated rings. The zero-order valence-electron chi connectivity index (χ0n) is 14.1.